The average Bonchev–Trinajstić information content (AvgIpc) is 2.70. The van der Waals surface area contributed by atoms with E-state index in [1.165, 1.54) is 0 Å². The molecule has 1 heterocycles. The number of nitrogens with zero attached hydrogens (tertiary/aromatic N) is 1. The first kappa shape index (κ1) is 12.3. The molecule has 0 radical (unpaired) electrons. The Balaban J connectivity index is 2.08. The molecule has 2 unspecified atom stereocenters. The van der Waals surface area contributed by atoms with Crippen LogP contribution in [0.5, 0.6) is 0 Å². The molecular weight excluding hydrogens is 228 g/mol. The van der Waals surface area contributed by atoms with Gasteiger partial charge in [-0.25, -0.2) is 4.98 Å². The second kappa shape index (κ2) is 5.94. The minimum atomic E-state index is 0.138. The molecule has 0 fully saturated rings. The molecule has 90 valence electrons. The van der Waals surface area contributed by atoms with Gasteiger partial charge in [0.2, 0.25) is 0 Å². The van der Waals surface area contributed by atoms with Crippen LogP contribution < -0.4 is 5.73 Å². The maximum Gasteiger partial charge on any atom is 0.0971 e. The smallest absolute Gasteiger partial charge is 0.0971 e. The van der Waals surface area contributed by atoms with Crippen molar-refractivity contribution in [3.63, 3.8) is 0 Å². The molecule has 2 N–H and O–H groups in total. The van der Waals surface area contributed by atoms with Crippen molar-refractivity contribution in [2.45, 2.75) is 25.3 Å². The summed E-state index contributed by atoms with van der Waals surface area (Å²) in [5, 5.41) is 3.17. The monoisotopic (exact) mass is 246 g/mol. The van der Waals surface area contributed by atoms with Crippen LogP contribution in [0.4, 0.5) is 0 Å². The van der Waals surface area contributed by atoms with Crippen LogP contribution in [0.2, 0.25) is 0 Å². The fourth-order valence-electron chi connectivity index (χ4n) is 2.01. The van der Waals surface area contributed by atoms with Gasteiger partial charge in [0, 0.05) is 23.5 Å². The van der Waals surface area contributed by atoms with E-state index in [0.29, 0.717) is 11.8 Å². The first-order valence-corrected chi connectivity index (χ1v) is 6.82. The van der Waals surface area contributed by atoms with Crippen LogP contribution in [0.15, 0.2) is 48.0 Å². The van der Waals surface area contributed by atoms with Gasteiger partial charge < -0.3 is 5.73 Å². The number of rotatable bonds is 4. The van der Waals surface area contributed by atoms with Gasteiger partial charge in [0.05, 0.1) is 5.01 Å². The molecule has 2 rings (SSSR count). The standard InChI is InChI=1S/C14H18N2S/c1-11(15)13(14-16-8-9-17-14)10-12-6-4-2-3-5-7-12/h2-9,11-13H,10,15H2,1H3. The molecule has 0 bridgehead atoms. The molecule has 2 nitrogen and oxygen atoms in total. The van der Waals surface area contributed by atoms with Crippen LogP contribution in [0.1, 0.15) is 24.3 Å². The maximum atomic E-state index is 6.09. The topological polar surface area (TPSA) is 38.9 Å². The lowest BCUT2D eigenvalue weighted by molar-refractivity contribution is 0.494. The Kier molecular flexibility index (Phi) is 4.29. The summed E-state index contributed by atoms with van der Waals surface area (Å²) in [5.74, 6) is 0.789. The first-order chi connectivity index (χ1) is 8.27. The number of thiazole rings is 1. The van der Waals surface area contributed by atoms with Gasteiger partial charge in [-0.15, -0.1) is 11.3 Å². The van der Waals surface area contributed by atoms with Crippen molar-refractivity contribution in [1.82, 2.24) is 4.98 Å². The van der Waals surface area contributed by atoms with E-state index in [1.54, 1.807) is 11.3 Å². The molecule has 17 heavy (non-hydrogen) atoms. The predicted molar refractivity (Wildman–Crippen MR) is 74.0 cm³/mol. The highest BCUT2D eigenvalue weighted by atomic mass is 32.1. The third-order valence-electron chi connectivity index (χ3n) is 2.98. The Morgan fingerprint density at radius 1 is 1.29 bits per heavy atom. The zero-order valence-electron chi connectivity index (χ0n) is 9.99. The average molecular weight is 246 g/mol. The normalized spacial score (nSPS) is 19.2. The highest BCUT2D eigenvalue weighted by Gasteiger charge is 2.21. The van der Waals surface area contributed by atoms with E-state index in [1.807, 2.05) is 11.6 Å². The van der Waals surface area contributed by atoms with E-state index in [4.69, 9.17) is 5.73 Å². The number of hydrogen-bond acceptors (Lipinski definition) is 3. The quantitative estimate of drug-likeness (QED) is 0.885. The SMILES string of the molecule is CC(N)C(CC1C=CC=CC=C1)c1nccs1. The van der Waals surface area contributed by atoms with Gasteiger partial charge >= 0.3 is 0 Å². The van der Waals surface area contributed by atoms with Crippen LogP contribution in [-0.4, -0.2) is 11.0 Å². The Morgan fingerprint density at radius 3 is 2.53 bits per heavy atom. The summed E-state index contributed by atoms with van der Waals surface area (Å²) in [6.45, 7) is 2.06. The van der Waals surface area contributed by atoms with Crippen molar-refractivity contribution in [2.24, 2.45) is 11.7 Å². The lowest BCUT2D eigenvalue weighted by Crippen LogP contribution is -2.26. The highest BCUT2D eigenvalue weighted by Crippen LogP contribution is 2.29. The Hall–Kier alpha value is -1.19. The molecule has 1 aromatic rings. The van der Waals surface area contributed by atoms with E-state index in [-0.39, 0.29) is 6.04 Å². The minimum Gasteiger partial charge on any atom is -0.327 e. The third-order valence-corrected chi connectivity index (χ3v) is 3.89. The summed E-state index contributed by atoms with van der Waals surface area (Å²) >= 11 is 1.70. The maximum absolute atomic E-state index is 6.09. The first-order valence-electron chi connectivity index (χ1n) is 5.94. The van der Waals surface area contributed by atoms with Gasteiger partial charge in [0.15, 0.2) is 0 Å². The summed E-state index contributed by atoms with van der Waals surface area (Å²) in [6, 6.07) is 0.138. The van der Waals surface area contributed by atoms with Crippen LogP contribution in [-0.2, 0) is 0 Å². The molecule has 0 aromatic carbocycles. The number of nitrogens with two attached hydrogens (primary N) is 1. The van der Waals surface area contributed by atoms with Crippen molar-refractivity contribution in [3.8, 4) is 0 Å². The second-order valence-electron chi connectivity index (χ2n) is 4.39. The van der Waals surface area contributed by atoms with Gasteiger partial charge in [0.25, 0.3) is 0 Å². The zero-order chi connectivity index (χ0) is 12.1. The third kappa shape index (κ3) is 3.38. The zero-order valence-corrected chi connectivity index (χ0v) is 10.8. The second-order valence-corrected chi connectivity index (χ2v) is 5.32. The van der Waals surface area contributed by atoms with Crippen LogP contribution in [0, 0.1) is 5.92 Å². The fourth-order valence-corrected chi connectivity index (χ4v) is 2.88. The van der Waals surface area contributed by atoms with Crippen LogP contribution in [0.25, 0.3) is 0 Å². The van der Waals surface area contributed by atoms with Crippen molar-refractivity contribution in [1.29, 1.82) is 0 Å². The van der Waals surface area contributed by atoms with Gasteiger partial charge in [-0.05, 0) is 19.3 Å². The molecule has 1 aliphatic carbocycles. The van der Waals surface area contributed by atoms with E-state index in [2.05, 4.69) is 48.4 Å². The molecule has 1 aliphatic rings. The molecule has 2 atom stereocenters. The predicted octanol–water partition coefficient (Wildman–Crippen LogP) is 3.26. The minimum absolute atomic E-state index is 0.138. The van der Waals surface area contributed by atoms with Crippen molar-refractivity contribution < 1.29 is 0 Å². The number of hydrogen-bond donors (Lipinski definition) is 1. The lowest BCUT2D eigenvalue weighted by atomic mass is 9.90. The Bertz CT molecular complexity index is 399. The van der Waals surface area contributed by atoms with E-state index in [9.17, 15) is 0 Å². The van der Waals surface area contributed by atoms with Crippen molar-refractivity contribution >= 4 is 11.3 Å². The van der Waals surface area contributed by atoms with Crippen molar-refractivity contribution in [3.05, 3.63) is 53.0 Å². The fraction of sp³-hybridized carbons (Fsp3) is 0.357. The molecule has 3 heteroatoms. The van der Waals surface area contributed by atoms with E-state index < -0.39 is 0 Å². The molecule has 0 aliphatic heterocycles. The van der Waals surface area contributed by atoms with Crippen LogP contribution >= 0.6 is 11.3 Å². The number of aromatic nitrogens is 1. The summed E-state index contributed by atoms with van der Waals surface area (Å²) in [4.78, 5) is 4.40. The van der Waals surface area contributed by atoms with Crippen molar-refractivity contribution in [2.75, 3.05) is 0 Å². The van der Waals surface area contributed by atoms with Crippen LogP contribution in [0.3, 0.4) is 0 Å². The Morgan fingerprint density at radius 2 is 2.00 bits per heavy atom. The van der Waals surface area contributed by atoms with E-state index in [0.717, 1.165) is 11.4 Å². The molecule has 1 aromatic heterocycles. The van der Waals surface area contributed by atoms with E-state index >= 15 is 0 Å². The summed E-state index contributed by atoms with van der Waals surface area (Å²) in [6.07, 6.45) is 15.7. The van der Waals surface area contributed by atoms with Gasteiger partial charge in [-0.3, -0.25) is 0 Å². The number of allylic oxidation sites excluding steroid dienone is 6. The van der Waals surface area contributed by atoms with Gasteiger partial charge in [-0.2, -0.15) is 0 Å². The molecular formula is C14H18N2S. The summed E-state index contributed by atoms with van der Waals surface area (Å²) in [5.41, 5.74) is 6.09. The molecule has 0 saturated carbocycles. The van der Waals surface area contributed by atoms with Gasteiger partial charge in [0.1, 0.15) is 0 Å². The summed E-state index contributed by atoms with van der Waals surface area (Å²) in [7, 11) is 0. The summed E-state index contributed by atoms with van der Waals surface area (Å²) < 4.78 is 0. The molecule has 0 amide bonds. The Labute approximate surface area is 107 Å². The molecule has 0 saturated heterocycles. The lowest BCUT2D eigenvalue weighted by Gasteiger charge is -2.21. The highest BCUT2D eigenvalue weighted by molar-refractivity contribution is 7.09. The van der Waals surface area contributed by atoms with Gasteiger partial charge in [-0.1, -0.05) is 36.5 Å². The molecule has 0 spiro atoms. The largest absolute Gasteiger partial charge is 0.327 e.